The van der Waals surface area contributed by atoms with E-state index in [1.807, 2.05) is 6.07 Å². The first-order chi connectivity index (χ1) is 12.0. The predicted molar refractivity (Wildman–Crippen MR) is 103 cm³/mol. The number of nitrogens with one attached hydrogen (secondary N) is 1. The molecule has 0 atom stereocenters. The molecule has 0 aromatic heterocycles. The molecule has 0 aliphatic carbocycles. The van der Waals surface area contributed by atoms with Crippen LogP contribution >= 0.6 is 23.4 Å². The molecule has 0 saturated carbocycles. The van der Waals surface area contributed by atoms with Gasteiger partial charge in [0.05, 0.1) is 22.6 Å². The van der Waals surface area contributed by atoms with E-state index in [0.29, 0.717) is 21.2 Å². The molecular formula is C17H17ClN2O3S2. The Kier molecular flexibility index (Phi) is 7.49. The van der Waals surface area contributed by atoms with Crippen LogP contribution in [0.3, 0.4) is 0 Å². The monoisotopic (exact) mass is 396 g/mol. The van der Waals surface area contributed by atoms with E-state index < -0.39 is 9.84 Å². The van der Waals surface area contributed by atoms with Crippen LogP contribution in [0.2, 0.25) is 5.02 Å². The molecule has 0 saturated heterocycles. The van der Waals surface area contributed by atoms with Crippen LogP contribution in [0, 0.1) is 0 Å². The van der Waals surface area contributed by atoms with Gasteiger partial charge in [-0.05, 0) is 18.2 Å². The van der Waals surface area contributed by atoms with Gasteiger partial charge in [0.2, 0.25) is 5.91 Å². The third kappa shape index (κ3) is 6.53. The number of amides is 1. The summed E-state index contributed by atoms with van der Waals surface area (Å²) in [6.07, 6.45) is 1.46. The topological polar surface area (TPSA) is 75.6 Å². The quantitative estimate of drug-likeness (QED) is 0.423. The second-order valence-electron chi connectivity index (χ2n) is 5.00. The molecule has 0 heterocycles. The molecule has 0 aliphatic rings. The third-order valence-electron chi connectivity index (χ3n) is 3.13. The van der Waals surface area contributed by atoms with Crippen LogP contribution < -0.4 is 5.43 Å². The maximum atomic E-state index is 12.1. The maximum Gasteiger partial charge on any atom is 0.250 e. The van der Waals surface area contributed by atoms with Crippen molar-refractivity contribution >= 4 is 45.3 Å². The second-order valence-corrected chi connectivity index (χ2v) is 8.62. The van der Waals surface area contributed by atoms with Crippen molar-refractivity contribution in [3.8, 4) is 0 Å². The molecular weight excluding hydrogens is 380 g/mol. The summed E-state index contributed by atoms with van der Waals surface area (Å²) in [7, 11) is -3.31. The average molecular weight is 397 g/mol. The fraction of sp³-hybridized carbons (Fsp3) is 0.176. The molecule has 0 spiro atoms. The first-order valence-electron chi connectivity index (χ1n) is 7.41. The van der Waals surface area contributed by atoms with Crippen molar-refractivity contribution < 1.29 is 13.2 Å². The van der Waals surface area contributed by atoms with E-state index in [1.165, 1.54) is 18.0 Å². The molecule has 0 aliphatic heterocycles. The lowest BCUT2D eigenvalue weighted by molar-refractivity contribution is -0.118. The van der Waals surface area contributed by atoms with E-state index >= 15 is 0 Å². The maximum absolute atomic E-state index is 12.1. The minimum atomic E-state index is -3.31. The van der Waals surface area contributed by atoms with Gasteiger partial charge in [-0.2, -0.15) is 16.9 Å². The summed E-state index contributed by atoms with van der Waals surface area (Å²) in [6, 6.07) is 15.4. The molecule has 1 N–H and O–H groups in total. The van der Waals surface area contributed by atoms with Gasteiger partial charge < -0.3 is 0 Å². The Morgan fingerprint density at radius 3 is 2.52 bits per heavy atom. The van der Waals surface area contributed by atoms with Crippen LogP contribution in [0.15, 0.2) is 64.6 Å². The van der Waals surface area contributed by atoms with Gasteiger partial charge in [-0.15, -0.1) is 0 Å². The van der Waals surface area contributed by atoms with Crippen LogP contribution in [0.1, 0.15) is 5.56 Å². The fourth-order valence-corrected chi connectivity index (χ4v) is 4.60. The highest BCUT2D eigenvalue weighted by Crippen LogP contribution is 2.13. The van der Waals surface area contributed by atoms with Gasteiger partial charge in [0.15, 0.2) is 9.84 Å². The number of hydrazone groups is 1. The number of carbonyl (C=O) groups excluding carboxylic acids is 1. The van der Waals surface area contributed by atoms with Gasteiger partial charge >= 0.3 is 0 Å². The molecule has 5 nitrogen and oxygen atoms in total. The Balaban J connectivity index is 1.71. The molecule has 132 valence electrons. The van der Waals surface area contributed by atoms with E-state index in [2.05, 4.69) is 10.5 Å². The molecule has 0 fully saturated rings. The Labute approximate surface area is 156 Å². The van der Waals surface area contributed by atoms with E-state index in [4.69, 9.17) is 11.6 Å². The highest BCUT2D eigenvalue weighted by Gasteiger charge is 2.13. The summed E-state index contributed by atoms with van der Waals surface area (Å²) < 4.78 is 24.2. The standard InChI is InChI=1S/C17H17ClN2O3S2/c18-16-9-5-4-6-14(16)12-19-20-17(21)13-24-10-11-25(22,23)15-7-2-1-3-8-15/h1-9,12H,10-11,13H2,(H,20,21)/b19-12-. The lowest BCUT2D eigenvalue weighted by Gasteiger charge is -2.04. The summed E-state index contributed by atoms with van der Waals surface area (Å²) in [6.45, 7) is 0. The molecule has 0 bridgehead atoms. The molecule has 8 heteroatoms. The Morgan fingerprint density at radius 1 is 1.12 bits per heavy atom. The summed E-state index contributed by atoms with van der Waals surface area (Å²) in [5.74, 6) is 0.145. The lowest BCUT2D eigenvalue weighted by Crippen LogP contribution is -2.20. The number of benzene rings is 2. The molecule has 0 unspecified atom stereocenters. The summed E-state index contributed by atoms with van der Waals surface area (Å²) >= 11 is 7.21. The molecule has 0 radical (unpaired) electrons. The highest BCUT2D eigenvalue weighted by atomic mass is 35.5. The van der Waals surface area contributed by atoms with Crippen LogP contribution in [-0.4, -0.2) is 37.8 Å². The fourth-order valence-electron chi connectivity index (χ4n) is 1.87. The Hall–Kier alpha value is -1.83. The number of thioether (sulfide) groups is 1. The van der Waals surface area contributed by atoms with Crippen molar-refractivity contribution in [2.75, 3.05) is 17.3 Å². The van der Waals surface area contributed by atoms with Crippen molar-refractivity contribution in [3.05, 3.63) is 65.2 Å². The third-order valence-corrected chi connectivity index (χ3v) is 6.42. The number of nitrogens with zero attached hydrogens (tertiary/aromatic N) is 1. The smallest absolute Gasteiger partial charge is 0.250 e. The van der Waals surface area contributed by atoms with Crippen LogP contribution in [0.4, 0.5) is 0 Å². The summed E-state index contributed by atoms with van der Waals surface area (Å²) in [5.41, 5.74) is 3.09. The van der Waals surface area contributed by atoms with Crippen molar-refractivity contribution in [3.63, 3.8) is 0 Å². The molecule has 25 heavy (non-hydrogen) atoms. The first-order valence-corrected chi connectivity index (χ1v) is 10.6. The van der Waals surface area contributed by atoms with E-state index in [-0.39, 0.29) is 17.4 Å². The number of sulfone groups is 1. The van der Waals surface area contributed by atoms with Crippen molar-refractivity contribution in [2.45, 2.75) is 4.90 Å². The Bertz CT molecular complexity index is 840. The van der Waals surface area contributed by atoms with E-state index in [0.717, 1.165) is 0 Å². The average Bonchev–Trinajstić information content (AvgIpc) is 2.61. The minimum absolute atomic E-state index is 0.0160. The molecule has 2 aromatic rings. The van der Waals surface area contributed by atoms with Crippen LogP contribution in [-0.2, 0) is 14.6 Å². The van der Waals surface area contributed by atoms with Gasteiger partial charge in [0, 0.05) is 16.3 Å². The van der Waals surface area contributed by atoms with Crippen molar-refractivity contribution in [1.29, 1.82) is 0 Å². The zero-order valence-electron chi connectivity index (χ0n) is 13.3. The normalized spacial score (nSPS) is 11.6. The number of carbonyl (C=O) groups is 1. The SMILES string of the molecule is O=C(CSCCS(=O)(=O)c1ccccc1)N/N=C\c1ccccc1Cl. The van der Waals surface area contributed by atoms with Crippen LogP contribution in [0.5, 0.6) is 0 Å². The van der Waals surface area contributed by atoms with Gasteiger partial charge in [-0.25, -0.2) is 13.8 Å². The van der Waals surface area contributed by atoms with Gasteiger partial charge in [0.25, 0.3) is 0 Å². The van der Waals surface area contributed by atoms with Gasteiger partial charge in [-0.1, -0.05) is 48.0 Å². The summed E-state index contributed by atoms with van der Waals surface area (Å²) in [5, 5.41) is 4.38. The predicted octanol–water partition coefficient (Wildman–Crippen LogP) is 3.00. The number of halogens is 1. The van der Waals surface area contributed by atoms with Crippen molar-refractivity contribution in [1.82, 2.24) is 5.43 Å². The zero-order valence-corrected chi connectivity index (χ0v) is 15.7. The first kappa shape index (κ1) is 19.5. The van der Waals surface area contributed by atoms with E-state index in [9.17, 15) is 13.2 Å². The number of hydrogen-bond acceptors (Lipinski definition) is 5. The molecule has 2 aromatic carbocycles. The number of hydrogen-bond donors (Lipinski definition) is 1. The largest absolute Gasteiger partial charge is 0.272 e. The summed E-state index contributed by atoms with van der Waals surface area (Å²) in [4.78, 5) is 12.0. The second kappa shape index (κ2) is 9.60. The highest BCUT2D eigenvalue weighted by molar-refractivity contribution is 8.01. The minimum Gasteiger partial charge on any atom is -0.272 e. The van der Waals surface area contributed by atoms with E-state index in [1.54, 1.807) is 48.5 Å². The Morgan fingerprint density at radius 2 is 1.80 bits per heavy atom. The van der Waals surface area contributed by atoms with Gasteiger partial charge in [-0.3, -0.25) is 4.79 Å². The molecule has 2 rings (SSSR count). The lowest BCUT2D eigenvalue weighted by atomic mass is 10.2. The van der Waals surface area contributed by atoms with Crippen LogP contribution in [0.25, 0.3) is 0 Å². The van der Waals surface area contributed by atoms with Gasteiger partial charge in [0.1, 0.15) is 0 Å². The molecule has 1 amide bonds. The zero-order chi connectivity index (χ0) is 18.1. The van der Waals surface area contributed by atoms with Crippen molar-refractivity contribution in [2.24, 2.45) is 5.10 Å². The number of rotatable bonds is 8.